The lowest BCUT2D eigenvalue weighted by Gasteiger charge is -2.34. The Bertz CT molecular complexity index is 898. The van der Waals surface area contributed by atoms with Crippen LogP contribution in [0.1, 0.15) is 26.8 Å². The van der Waals surface area contributed by atoms with Gasteiger partial charge in [0.25, 0.3) is 5.91 Å². The van der Waals surface area contributed by atoms with E-state index >= 15 is 0 Å². The summed E-state index contributed by atoms with van der Waals surface area (Å²) in [6.45, 7) is 6.25. The van der Waals surface area contributed by atoms with Crippen LogP contribution in [0, 0.1) is 6.92 Å². The first kappa shape index (κ1) is 24.4. The highest BCUT2D eigenvalue weighted by Gasteiger charge is 2.26. The molecule has 0 spiro atoms. The zero-order valence-corrected chi connectivity index (χ0v) is 20.0. The number of halogens is 1. The number of piperazine rings is 1. The number of hydrogen-bond acceptors (Lipinski definition) is 7. The van der Waals surface area contributed by atoms with Gasteiger partial charge < -0.3 is 19.7 Å². The molecule has 1 aromatic carbocycles. The van der Waals surface area contributed by atoms with Crippen molar-refractivity contribution >= 4 is 34.8 Å². The molecule has 1 fully saturated rings. The Morgan fingerprint density at radius 3 is 2.59 bits per heavy atom. The summed E-state index contributed by atoms with van der Waals surface area (Å²) in [7, 11) is 1.65. The minimum Gasteiger partial charge on any atom is -0.486 e. The summed E-state index contributed by atoms with van der Waals surface area (Å²) in [5.74, 6) is 0.694. The third-order valence-electron chi connectivity index (χ3n) is 5.09. The maximum absolute atomic E-state index is 13.0. The summed E-state index contributed by atoms with van der Waals surface area (Å²) >= 11 is 7.26. The van der Waals surface area contributed by atoms with Gasteiger partial charge in [-0.1, -0.05) is 11.6 Å². The topological polar surface area (TPSA) is 84.0 Å². The van der Waals surface area contributed by atoms with Crippen LogP contribution in [-0.2, 0) is 16.1 Å². The molecule has 1 N–H and O–H groups in total. The van der Waals surface area contributed by atoms with E-state index in [0.29, 0.717) is 73.8 Å². The number of nitrogens with zero attached hydrogens (tertiary/aromatic N) is 3. The number of aromatic nitrogens is 1. The minimum atomic E-state index is -0.0126. The molecule has 0 saturated carbocycles. The van der Waals surface area contributed by atoms with E-state index in [4.69, 9.17) is 21.1 Å². The van der Waals surface area contributed by atoms with Gasteiger partial charge in [-0.25, -0.2) is 4.98 Å². The van der Waals surface area contributed by atoms with E-state index in [0.717, 1.165) is 11.4 Å². The van der Waals surface area contributed by atoms with E-state index < -0.39 is 0 Å². The number of benzene rings is 1. The fourth-order valence-electron chi connectivity index (χ4n) is 3.34. The SMILES string of the molecule is COCCCNC(=O)CN1CCN(C(=O)c2sc(COc3ccc(Cl)cc3)nc2C)CC1. The van der Waals surface area contributed by atoms with E-state index in [2.05, 4.69) is 15.2 Å². The van der Waals surface area contributed by atoms with Crippen LogP contribution in [0.3, 0.4) is 0 Å². The van der Waals surface area contributed by atoms with Crippen LogP contribution in [0.25, 0.3) is 0 Å². The van der Waals surface area contributed by atoms with Crippen LogP contribution < -0.4 is 10.1 Å². The molecule has 0 unspecified atom stereocenters. The zero-order valence-electron chi connectivity index (χ0n) is 18.4. The molecule has 32 heavy (non-hydrogen) atoms. The first-order valence-electron chi connectivity index (χ1n) is 10.6. The third kappa shape index (κ3) is 7.16. The van der Waals surface area contributed by atoms with Crippen LogP contribution >= 0.6 is 22.9 Å². The molecule has 1 saturated heterocycles. The van der Waals surface area contributed by atoms with Crippen LogP contribution in [0.15, 0.2) is 24.3 Å². The fraction of sp³-hybridized carbons (Fsp3) is 0.500. The predicted octanol–water partition coefficient (Wildman–Crippen LogP) is 2.59. The van der Waals surface area contributed by atoms with Crippen molar-refractivity contribution < 1.29 is 19.1 Å². The maximum Gasteiger partial charge on any atom is 0.265 e. The van der Waals surface area contributed by atoms with Crippen molar-refractivity contribution in [3.63, 3.8) is 0 Å². The number of hydrogen-bond donors (Lipinski definition) is 1. The third-order valence-corrected chi connectivity index (χ3v) is 6.46. The van der Waals surface area contributed by atoms with Gasteiger partial charge >= 0.3 is 0 Å². The summed E-state index contributed by atoms with van der Waals surface area (Å²) in [4.78, 5) is 34.1. The van der Waals surface area contributed by atoms with Gasteiger partial charge in [-0.15, -0.1) is 11.3 Å². The highest BCUT2D eigenvalue weighted by atomic mass is 35.5. The smallest absolute Gasteiger partial charge is 0.265 e. The lowest BCUT2D eigenvalue weighted by Crippen LogP contribution is -2.51. The molecule has 0 aliphatic carbocycles. The van der Waals surface area contributed by atoms with Crippen LogP contribution in [0.4, 0.5) is 0 Å². The first-order chi connectivity index (χ1) is 15.5. The molecule has 0 bridgehead atoms. The summed E-state index contributed by atoms with van der Waals surface area (Å²) in [6.07, 6.45) is 0.797. The van der Waals surface area contributed by atoms with Gasteiger partial charge in [-0.3, -0.25) is 14.5 Å². The van der Waals surface area contributed by atoms with Crippen molar-refractivity contribution in [1.82, 2.24) is 20.1 Å². The average Bonchev–Trinajstić information content (AvgIpc) is 3.17. The maximum atomic E-state index is 13.0. The highest BCUT2D eigenvalue weighted by molar-refractivity contribution is 7.13. The molecule has 2 heterocycles. The Morgan fingerprint density at radius 2 is 1.91 bits per heavy atom. The standard InChI is InChI=1S/C22H29ClN4O4S/c1-16-21(32-20(25-16)15-31-18-6-4-17(23)5-7-18)22(29)27-11-9-26(10-12-27)14-19(28)24-8-3-13-30-2/h4-7H,3,8-15H2,1-2H3,(H,24,28). The lowest BCUT2D eigenvalue weighted by atomic mass is 10.2. The molecule has 0 atom stereocenters. The largest absolute Gasteiger partial charge is 0.486 e. The van der Waals surface area contributed by atoms with Gasteiger partial charge in [0.05, 0.1) is 12.2 Å². The van der Waals surface area contributed by atoms with Gasteiger partial charge in [-0.2, -0.15) is 0 Å². The van der Waals surface area contributed by atoms with E-state index in [-0.39, 0.29) is 11.8 Å². The molecule has 3 rings (SSSR count). The number of carbonyl (C=O) groups excluding carboxylic acids is 2. The number of methoxy groups -OCH3 is 1. The summed E-state index contributed by atoms with van der Waals surface area (Å²) in [5, 5.41) is 4.30. The molecular weight excluding hydrogens is 452 g/mol. The number of amides is 2. The molecular formula is C22H29ClN4O4S. The molecule has 1 aliphatic rings. The van der Waals surface area contributed by atoms with Crippen molar-refractivity contribution in [3.8, 4) is 5.75 Å². The van der Waals surface area contributed by atoms with Gasteiger partial charge in [0.15, 0.2) is 0 Å². The number of ether oxygens (including phenoxy) is 2. The quantitative estimate of drug-likeness (QED) is 0.526. The molecule has 1 aliphatic heterocycles. The van der Waals surface area contributed by atoms with Crippen molar-refractivity contribution in [2.24, 2.45) is 0 Å². The molecule has 2 aromatic rings. The predicted molar refractivity (Wildman–Crippen MR) is 124 cm³/mol. The number of thiazole rings is 1. The average molecular weight is 481 g/mol. The second-order valence-electron chi connectivity index (χ2n) is 7.53. The summed E-state index contributed by atoms with van der Waals surface area (Å²) in [5.41, 5.74) is 0.715. The molecule has 0 radical (unpaired) electrons. The van der Waals surface area contributed by atoms with Crippen molar-refractivity contribution in [3.05, 3.63) is 44.9 Å². The zero-order chi connectivity index (χ0) is 22.9. The van der Waals surface area contributed by atoms with Gasteiger partial charge in [0.2, 0.25) is 5.91 Å². The van der Waals surface area contributed by atoms with E-state index in [1.54, 1.807) is 31.4 Å². The molecule has 10 heteroatoms. The van der Waals surface area contributed by atoms with E-state index in [1.807, 2.05) is 11.8 Å². The monoisotopic (exact) mass is 480 g/mol. The van der Waals surface area contributed by atoms with Crippen LogP contribution in [0.2, 0.25) is 5.02 Å². The van der Waals surface area contributed by atoms with Crippen molar-refractivity contribution in [2.75, 3.05) is 53.0 Å². The van der Waals surface area contributed by atoms with Gasteiger partial charge in [0, 0.05) is 51.5 Å². The Morgan fingerprint density at radius 1 is 1.19 bits per heavy atom. The Balaban J connectivity index is 1.45. The second kappa shape index (κ2) is 12.2. The lowest BCUT2D eigenvalue weighted by molar-refractivity contribution is -0.122. The summed E-state index contributed by atoms with van der Waals surface area (Å²) < 4.78 is 10.7. The van der Waals surface area contributed by atoms with Gasteiger partial charge in [-0.05, 0) is 37.6 Å². The molecule has 1 aromatic heterocycles. The number of rotatable bonds is 10. The van der Waals surface area contributed by atoms with Crippen LogP contribution in [0.5, 0.6) is 5.75 Å². The molecule has 2 amide bonds. The van der Waals surface area contributed by atoms with Crippen molar-refractivity contribution in [1.29, 1.82) is 0 Å². The Kier molecular flexibility index (Phi) is 9.28. The van der Waals surface area contributed by atoms with E-state index in [1.165, 1.54) is 11.3 Å². The molecule has 174 valence electrons. The van der Waals surface area contributed by atoms with E-state index in [9.17, 15) is 9.59 Å². The van der Waals surface area contributed by atoms with Crippen LogP contribution in [-0.4, -0.2) is 79.6 Å². The second-order valence-corrected chi connectivity index (χ2v) is 9.05. The highest BCUT2D eigenvalue weighted by Crippen LogP contribution is 2.23. The Hall–Kier alpha value is -2.20. The number of carbonyl (C=O) groups is 2. The number of nitrogens with one attached hydrogen (secondary N) is 1. The summed E-state index contributed by atoms with van der Waals surface area (Å²) in [6, 6.07) is 7.13. The Labute approximate surface area is 197 Å². The van der Waals surface area contributed by atoms with Crippen molar-refractivity contribution in [2.45, 2.75) is 20.0 Å². The normalized spacial score (nSPS) is 14.4. The molecule has 8 nitrogen and oxygen atoms in total. The van der Waals surface area contributed by atoms with Gasteiger partial charge in [0.1, 0.15) is 22.2 Å². The number of aryl methyl sites for hydroxylation is 1. The minimum absolute atomic E-state index is 0.00418. The first-order valence-corrected chi connectivity index (χ1v) is 11.8. The fourth-order valence-corrected chi connectivity index (χ4v) is 4.42.